The van der Waals surface area contributed by atoms with Crippen molar-refractivity contribution < 1.29 is 9.53 Å². The Morgan fingerprint density at radius 2 is 1.96 bits per heavy atom. The average Bonchev–Trinajstić information content (AvgIpc) is 3.39. The van der Waals surface area contributed by atoms with E-state index in [0.717, 1.165) is 35.5 Å². The van der Waals surface area contributed by atoms with E-state index in [-0.39, 0.29) is 0 Å². The van der Waals surface area contributed by atoms with Crippen LogP contribution in [-0.4, -0.2) is 28.2 Å². The minimum Gasteiger partial charge on any atom is -0.497 e. The van der Waals surface area contributed by atoms with E-state index in [1.807, 2.05) is 47.1 Å². The first kappa shape index (κ1) is 15.6. The van der Waals surface area contributed by atoms with E-state index in [0.29, 0.717) is 17.3 Å². The fraction of sp³-hybridized carbons (Fsp3) is 0.250. The standard InChI is InChI=1S/C20H19N3O2/c1-25-18-9-7-16(8-10-18)20-21-19(22-23(20)12-14-5-6-14)17-4-2-3-15(11-17)13-24/h2-4,7-11,13-14H,5-6,12H2,1H3. The number of ether oxygens (including phenoxy) is 1. The van der Waals surface area contributed by atoms with Crippen molar-refractivity contribution in [2.75, 3.05) is 7.11 Å². The summed E-state index contributed by atoms with van der Waals surface area (Å²) in [4.78, 5) is 15.8. The molecule has 1 aromatic heterocycles. The van der Waals surface area contributed by atoms with E-state index in [4.69, 9.17) is 14.8 Å². The van der Waals surface area contributed by atoms with Gasteiger partial charge < -0.3 is 4.74 Å². The molecule has 0 atom stereocenters. The van der Waals surface area contributed by atoms with E-state index in [9.17, 15) is 4.79 Å². The first-order valence-electron chi connectivity index (χ1n) is 8.41. The van der Waals surface area contributed by atoms with Gasteiger partial charge in [-0.2, -0.15) is 5.10 Å². The fourth-order valence-corrected chi connectivity index (χ4v) is 2.84. The molecule has 5 heteroatoms. The zero-order valence-corrected chi connectivity index (χ0v) is 14.1. The predicted octanol–water partition coefficient (Wildman–Crippen LogP) is 3.84. The third-order valence-electron chi connectivity index (χ3n) is 4.43. The largest absolute Gasteiger partial charge is 0.497 e. The van der Waals surface area contributed by atoms with Gasteiger partial charge in [-0.1, -0.05) is 18.2 Å². The van der Waals surface area contributed by atoms with E-state index >= 15 is 0 Å². The fourth-order valence-electron chi connectivity index (χ4n) is 2.84. The number of nitrogens with zero attached hydrogens (tertiary/aromatic N) is 3. The molecule has 0 spiro atoms. The van der Waals surface area contributed by atoms with Crippen molar-refractivity contribution in [3.05, 3.63) is 54.1 Å². The summed E-state index contributed by atoms with van der Waals surface area (Å²) in [6.07, 6.45) is 3.34. The quantitative estimate of drug-likeness (QED) is 0.643. The van der Waals surface area contributed by atoms with Gasteiger partial charge in [0, 0.05) is 23.2 Å². The van der Waals surface area contributed by atoms with E-state index in [1.54, 1.807) is 13.2 Å². The molecular weight excluding hydrogens is 314 g/mol. The molecule has 126 valence electrons. The predicted molar refractivity (Wildman–Crippen MR) is 95.6 cm³/mol. The lowest BCUT2D eigenvalue weighted by Gasteiger charge is -2.05. The van der Waals surface area contributed by atoms with Crippen LogP contribution in [0.15, 0.2) is 48.5 Å². The van der Waals surface area contributed by atoms with Gasteiger partial charge in [0.25, 0.3) is 0 Å². The van der Waals surface area contributed by atoms with Crippen molar-refractivity contribution in [2.24, 2.45) is 5.92 Å². The molecular formula is C20H19N3O2. The number of aromatic nitrogens is 3. The average molecular weight is 333 g/mol. The van der Waals surface area contributed by atoms with Gasteiger partial charge >= 0.3 is 0 Å². The second kappa shape index (κ2) is 6.51. The van der Waals surface area contributed by atoms with Crippen molar-refractivity contribution >= 4 is 6.29 Å². The first-order chi connectivity index (χ1) is 12.3. The molecule has 1 aliphatic carbocycles. The Morgan fingerprint density at radius 3 is 2.64 bits per heavy atom. The molecule has 0 aliphatic heterocycles. The number of carbonyl (C=O) groups excluding carboxylic acids is 1. The SMILES string of the molecule is COc1ccc(-c2nc(-c3cccc(C=O)c3)nn2CC2CC2)cc1. The number of carbonyl (C=O) groups is 1. The third-order valence-corrected chi connectivity index (χ3v) is 4.43. The lowest BCUT2D eigenvalue weighted by Crippen LogP contribution is -2.04. The summed E-state index contributed by atoms with van der Waals surface area (Å²) in [5.74, 6) is 3.00. The number of benzene rings is 2. The molecule has 4 rings (SSSR count). The van der Waals surface area contributed by atoms with Gasteiger partial charge in [0.2, 0.25) is 0 Å². The number of aldehydes is 1. The van der Waals surface area contributed by atoms with Crippen LogP contribution in [0, 0.1) is 5.92 Å². The maximum Gasteiger partial charge on any atom is 0.181 e. The summed E-state index contributed by atoms with van der Waals surface area (Å²) in [7, 11) is 1.66. The van der Waals surface area contributed by atoms with Crippen LogP contribution in [0.2, 0.25) is 0 Å². The Balaban J connectivity index is 1.75. The zero-order chi connectivity index (χ0) is 17.2. The van der Waals surface area contributed by atoms with Gasteiger partial charge in [0.05, 0.1) is 7.11 Å². The molecule has 0 unspecified atom stereocenters. The van der Waals surface area contributed by atoms with Crippen molar-refractivity contribution in [3.8, 4) is 28.5 Å². The van der Waals surface area contributed by atoms with Crippen molar-refractivity contribution in [3.63, 3.8) is 0 Å². The second-order valence-corrected chi connectivity index (χ2v) is 6.36. The summed E-state index contributed by atoms with van der Waals surface area (Å²) < 4.78 is 7.22. The Labute approximate surface area is 146 Å². The highest BCUT2D eigenvalue weighted by Crippen LogP contribution is 2.33. The molecule has 2 aromatic carbocycles. The lowest BCUT2D eigenvalue weighted by molar-refractivity contribution is 0.112. The van der Waals surface area contributed by atoms with Crippen LogP contribution in [0.1, 0.15) is 23.2 Å². The van der Waals surface area contributed by atoms with Crippen LogP contribution in [0.25, 0.3) is 22.8 Å². The lowest BCUT2D eigenvalue weighted by atomic mass is 10.1. The van der Waals surface area contributed by atoms with Gasteiger partial charge in [-0.3, -0.25) is 4.79 Å². The number of hydrogen-bond acceptors (Lipinski definition) is 4. The molecule has 25 heavy (non-hydrogen) atoms. The number of methoxy groups -OCH3 is 1. The zero-order valence-electron chi connectivity index (χ0n) is 14.1. The molecule has 1 heterocycles. The molecule has 0 amide bonds. The highest BCUT2D eigenvalue weighted by atomic mass is 16.5. The summed E-state index contributed by atoms with van der Waals surface area (Å²) in [5, 5.41) is 4.71. The van der Waals surface area contributed by atoms with Gasteiger partial charge in [-0.15, -0.1) is 0 Å². The highest BCUT2D eigenvalue weighted by Gasteiger charge is 2.25. The van der Waals surface area contributed by atoms with Gasteiger partial charge in [0.15, 0.2) is 11.6 Å². The normalized spacial score (nSPS) is 13.6. The minimum atomic E-state index is 0.627. The third kappa shape index (κ3) is 3.31. The molecule has 1 saturated carbocycles. The van der Waals surface area contributed by atoms with Crippen molar-refractivity contribution in [1.82, 2.24) is 14.8 Å². The number of hydrogen-bond donors (Lipinski definition) is 0. The summed E-state index contributed by atoms with van der Waals surface area (Å²) in [6.45, 7) is 0.877. The Kier molecular flexibility index (Phi) is 4.06. The maximum atomic E-state index is 11.0. The van der Waals surface area contributed by atoms with Gasteiger partial charge in [-0.05, 0) is 49.1 Å². The maximum absolute atomic E-state index is 11.0. The van der Waals surface area contributed by atoms with Gasteiger partial charge in [-0.25, -0.2) is 9.67 Å². The number of rotatable bonds is 6. The molecule has 0 saturated heterocycles. The van der Waals surface area contributed by atoms with Crippen LogP contribution in [0.5, 0.6) is 5.75 Å². The van der Waals surface area contributed by atoms with Crippen molar-refractivity contribution in [1.29, 1.82) is 0 Å². The smallest absolute Gasteiger partial charge is 0.181 e. The highest BCUT2D eigenvalue weighted by molar-refractivity contribution is 5.77. The Hall–Kier alpha value is -2.95. The van der Waals surface area contributed by atoms with E-state index < -0.39 is 0 Å². The topological polar surface area (TPSA) is 57.0 Å². The molecule has 1 aliphatic rings. The van der Waals surface area contributed by atoms with Crippen LogP contribution in [-0.2, 0) is 6.54 Å². The van der Waals surface area contributed by atoms with Crippen LogP contribution < -0.4 is 4.74 Å². The first-order valence-corrected chi connectivity index (χ1v) is 8.41. The molecule has 0 radical (unpaired) electrons. The Bertz CT molecular complexity index is 896. The van der Waals surface area contributed by atoms with Crippen LogP contribution >= 0.6 is 0 Å². The Morgan fingerprint density at radius 1 is 1.16 bits per heavy atom. The van der Waals surface area contributed by atoms with Gasteiger partial charge in [0.1, 0.15) is 12.0 Å². The summed E-state index contributed by atoms with van der Waals surface area (Å²) in [6, 6.07) is 15.2. The van der Waals surface area contributed by atoms with E-state index in [1.165, 1.54) is 12.8 Å². The molecule has 0 bridgehead atoms. The molecule has 1 fully saturated rings. The van der Waals surface area contributed by atoms with Crippen molar-refractivity contribution in [2.45, 2.75) is 19.4 Å². The monoisotopic (exact) mass is 333 g/mol. The summed E-state index contributed by atoms with van der Waals surface area (Å²) >= 11 is 0. The molecule has 3 aromatic rings. The second-order valence-electron chi connectivity index (χ2n) is 6.36. The summed E-state index contributed by atoms with van der Waals surface area (Å²) in [5.41, 5.74) is 2.49. The van der Waals surface area contributed by atoms with Crippen LogP contribution in [0.4, 0.5) is 0 Å². The minimum absolute atomic E-state index is 0.627. The molecule has 5 nitrogen and oxygen atoms in total. The molecule has 0 N–H and O–H groups in total. The van der Waals surface area contributed by atoms with E-state index in [2.05, 4.69) is 0 Å². The van der Waals surface area contributed by atoms with Crippen LogP contribution in [0.3, 0.4) is 0 Å².